The molecule has 1 saturated carbocycles. The molecule has 0 aliphatic heterocycles. The number of nitrogens with zero attached hydrogens (tertiary/aromatic N) is 2. The van der Waals surface area contributed by atoms with Crippen molar-refractivity contribution in [2.45, 2.75) is 58.2 Å². The van der Waals surface area contributed by atoms with Gasteiger partial charge in [-0.25, -0.2) is 0 Å². The normalized spacial score (nSPS) is 20.0. The van der Waals surface area contributed by atoms with Crippen LogP contribution in [-0.4, -0.2) is 22.2 Å². The number of aryl methyl sites for hydroxylation is 2. The molecule has 0 atom stereocenters. The van der Waals surface area contributed by atoms with Crippen LogP contribution in [0, 0.1) is 24.0 Å². The second-order valence-electron chi connectivity index (χ2n) is 7.28. The molecule has 2 aromatic rings. The lowest BCUT2D eigenvalue weighted by molar-refractivity contribution is -0.384. The van der Waals surface area contributed by atoms with Crippen LogP contribution in [0.2, 0.25) is 0 Å². The van der Waals surface area contributed by atoms with Gasteiger partial charge in [-0.2, -0.15) is 0 Å². The molecule has 5 nitrogen and oxygen atoms in total. The van der Waals surface area contributed by atoms with Gasteiger partial charge in [-0.1, -0.05) is 18.2 Å². The number of nitro groups is 1. The van der Waals surface area contributed by atoms with Crippen LogP contribution < -0.4 is 4.90 Å². The third-order valence-corrected chi connectivity index (χ3v) is 5.42. The Labute approximate surface area is 154 Å². The van der Waals surface area contributed by atoms with Gasteiger partial charge in [-0.15, -0.1) is 0 Å². The average Bonchev–Trinajstić information content (AvgIpc) is 2.63. The Morgan fingerprint density at radius 1 is 1.04 bits per heavy atom. The lowest BCUT2D eigenvalue weighted by Gasteiger charge is -2.37. The number of aliphatic hydroxyl groups excluding tert-OH is 1. The van der Waals surface area contributed by atoms with Crippen LogP contribution >= 0.6 is 0 Å². The molecule has 0 radical (unpaired) electrons. The van der Waals surface area contributed by atoms with E-state index in [0.29, 0.717) is 6.04 Å². The van der Waals surface area contributed by atoms with E-state index < -0.39 is 0 Å². The van der Waals surface area contributed by atoms with Gasteiger partial charge in [-0.05, 0) is 68.4 Å². The predicted molar refractivity (Wildman–Crippen MR) is 103 cm³/mol. The third-order valence-electron chi connectivity index (χ3n) is 5.42. The summed E-state index contributed by atoms with van der Waals surface area (Å²) in [7, 11) is 0. The number of hydrogen-bond donors (Lipinski definition) is 1. The summed E-state index contributed by atoms with van der Waals surface area (Å²) in [5.41, 5.74) is 4.88. The maximum Gasteiger partial charge on any atom is 0.269 e. The molecule has 0 aromatic heterocycles. The summed E-state index contributed by atoms with van der Waals surface area (Å²) in [4.78, 5) is 12.9. The Balaban J connectivity index is 1.87. The number of hydrogen-bond acceptors (Lipinski definition) is 4. The Morgan fingerprint density at radius 2 is 1.69 bits per heavy atom. The Bertz CT molecular complexity index is 765. The molecule has 0 spiro atoms. The highest BCUT2D eigenvalue weighted by molar-refractivity contribution is 5.52. The fourth-order valence-corrected chi connectivity index (χ4v) is 3.67. The van der Waals surface area contributed by atoms with Gasteiger partial charge in [-0.3, -0.25) is 10.1 Å². The lowest BCUT2D eigenvalue weighted by Crippen LogP contribution is -2.38. The zero-order chi connectivity index (χ0) is 18.7. The topological polar surface area (TPSA) is 66.6 Å². The monoisotopic (exact) mass is 354 g/mol. The zero-order valence-corrected chi connectivity index (χ0v) is 15.4. The van der Waals surface area contributed by atoms with Crippen molar-refractivity contribution < 1.29 is 10.0 Å². The van der Waals surface area contributed by atoms with E-state index in [1.807, 2.05) is 12.1 Å². The van der Waals surface area contributed by atoms with Gasteiger partial charge >= 0.3 is 0 Å². The van der Waals surface area contributed by atoms with Crippen molar-refractivity contribution in [2.24, 2.45) is 0 Å². The zero-order valence-electron chi connectivity index (χ0n) is 15.4. The van der Waals surface area contributed by atoms with Gasteiger partial charge in [0.25, 0.3) is 5.69 Å². The number of aliphatic hydroxyl groups is 1. The minimum absolute atomic E-state index is 0.110. The first kappa shape index (κ1) is 18.4. The fraction of sp³-hybridized carbons (Fsp3) is 0.429. The molecule has 0 saturated heterocycles. The molecule has 1 aliphatic carbocycles. The molecule has 0 amide bonds. The van der Waals surface area contributed by atoms with E-state index >= 15 is 0 Å². The number of benzene rings is 2. The van der Waals surface area contributed by atoms with Gasteiger partial charge in [0.05, 0.1) is 11.0 Å². The first-order chi connectivity index (χ1) is 12.4. The van der Waals surface area contributed by atoms with Crippen molar-refractivity contribution in [3.05, 3.63) is 69.3 Å². The Morgan fingerprint density at radius 3 is 2.27 bits per heavy atom. The molecule has 1 aliphatic rings. The first-order valence-corrected chi connectivity index (χ1v) is 9.19. The molecule has 1 fully saturated rings. The van der Waals surface area contributed by atoms with Gasteiger partial charge in [0.1, 0.15) is 0 Å². The predicted octanol–water partition coefficient (Wildman–Crippen LogP) is 4.52. The SMILES string of the molecule is Cc1ccc(CN(c2ccc([N+](=O)[O-])cc2)C2CCC(O)CC2)cc1C. The maximum atomic E-state index is 10.9. The molecule has 138 valence electrons. The van der Waals surface area contributed by atoms with Crippen LogP contribution in [0.4, 0.5) is 11.4 Å². The quantitative estimate of drug-likeness (QED) is 0.633. The van der Waals surface area contributed by atoms with E-state index in [1.165, 1.54) is 16.7 Å². The molecular formula is C21H26N2O3. The van der Waals surface area contributed by atoms with Crippen LogP contribution in [0.3, 0.4) is 0 Å². The van der Waals surface area contributed by atoms with E-state index in [9.17, 15) is 15.2 Å². The second-order valence-corrected chi connectivity index (χ2v) is 7.28. The molecular weight excluding hydrogens is 328 g/mol. The molecule has 26 heavy (non-hydrogen) atoms. The van der Waals surface area contributed by atoms with Crippen molar-refractivity contribution in [3.63, 3.8) is 0 Å². The third kappa shape index (κ3) is 4.22. The first-order valence-electron chi connectivity index (χ1n) is 9.19. The molecule has 0 heterocycles. The summed E-state index contributed by atoms with van der Waals surface area (Å²) in [6.45, 7) is 4.99. The van der Waals surface area contributed by atoms with Crippen molar-refractivity contribution in [3.8, 4) is 0 Å². The molecule has 0 unspecified atom stereocenters. The average molecular weight is 354 g/mol. The van der Waals surface area contributed by atoms with E-state index in [-0.39, 0.29) is 16.7 Å². The Kier molecular flexibility index (Phi) is 5.57. The largest absolute Gasteiger partial charge is 0.393 e. The molecule has 5 heteroatoms. The van der Waals surface area contributed by atoms with Crippen molar-refractivity contribution in [1.29, 1.82) is 0 Å². The highest BCUT2D eigenvalue weighted by atomic mass is 16.6. The minimum atomic E-state index is -0.367. The van der Waals surface area contributed by atoms with Crippen LogP contribution in [0.25, 0.3) is 0 Å². The number of non-ortho nitro benzene ring substituents is 1. The van der Waals surface area contributed by atoms with Gasteiger partial charge in [0.2, 0.25) is 0 Å². The molecule has 1 N–H and O–H groups in total. The standard InChI is InChI=1S/C21H26N2O3/c1-15-3-4-17(13-16(15)2)14-22(19-9-11-21(24)12-10-19)18-5-7-20(8-6-18)23(25)26/h3-8,13,19,21,24H,9-12,14H2,1-2H3. The molecule has 3 rings (SSSR count). The molecule has 2 aromatic carbocycles. The maximum absolute atomic E-state index is 10.9. The summed E-state index contributed by atoms with van der Waals surface area (Å²) >= 11 is 0. The fourth-order valence-electron chi connectivity index (χ4n) is 3.67. The lowest BCUT2D eigenvalue weighted by atomic mass is 9.91. The second kappa shape index (κ2) is 7.87. The van der Waals surface area contributed by atoms with Gasteiger partial charge < -0.3 is 10.0 Å². The highest BCUT2D eigenvalue weighted by Gasteiger charge is 2.25. The Hall–Kier alpha value is -2.40. The van der Waals surface area contributed by atoms with Crippen molar-refractivity contribution in [2.75, 3.05) is 4.90 Å². The summed E-state index contributed by atoms with van der Waals surface area (Å²) in [6, 6.07) is 13.7. The number of nitro benzene ring substituents is 1. The number of anilines is 1. The van der Waals surface area contributed by atoms with Gasteiger partial charge in [0, 0.05) is 30.4 Å². The summed E-state index contributed by atoms with van der Waals surface area (Å²) < 4.78 is 0. The van der Waals surface area contributed by atoms with Gasteiger partial charge in [0.15, 0.2) is 0 Å². The smallest absolute Gasteiger partial charge is 0.269 e. The summed E-state index contributed by atoms with van der Waals surface area (Å²) in [5, 5.41) is 20.8. The van der Waals surface area contributed by atoms with E-state index in [0.717, 1.165) is 37.9 Å². The van der Waals surface area contributed by atoms with Crippen LogP contribution in [-0.2, 0) is 6.54 Å². The van der Waals surface area contributed by atoms with Crippen LogP contribution in [0.15, 0.2) is 42.5 Å². The van der Waals surface area contributed by atoms with E-state index in [2.05, 4.69) is 36.9 Å². The highest BCUT2D eigenvalue weighted by Crippen LogP contribution is 2.30. The van der Waals surface area contributed by atoms with Crippen LogP contribution in [0.5, 0.6) is 0 Å². The summed E-state index contributed by atoms with van der Waals surface area (Å²) in [5.74, 6) is 0. The molecule has 0 bridgehead atoms. The number of rotatable bonds is 5. The summed E-state index contributed by atoms with van der Waals surface area (Å²) in [6.07, 6.45) is 3.28. The minimum Gasteiger partial charge on any atom is -0.393 e. The van der Waals surface area contributed by atoms with Crippen molar-refractivity contribution >= 4 is 11.4 Å². The van der Waals surface area contributed by atoms with E-state index in [4.69, 9.17) is 0 Å². The van der Waals surface area contributed by atoms with Crippen molar-refractivity contribution in [1.82, 2.24) is 0 Å². The van der Waals surface area contributed by atoms with Crippen LogP contribution in [0.1, 0.15) is 42.4 Å². The van der Waals surface area contributed by atoms with E-state index in [1.54, 1.807) is 12.1 Å².